The first-order valence-electron chi connectivity index (χ1n) is 2.56. The van der Waals surface area contributed by atoms with Crippen LogP contribution in [-0.2, 0) is 9.59 Å². The molecule has 0 bridgehead atoms. The Balaban J connectivity index is 3.75. The van der Waals surface area contributed by atoms with Gasteiger partial charge >= 0.3 is 0 Å². The average molecular weight is 144 g/mol. The minimum absolute atomic E-state index is 0.00519. The van der Waals surface area contributed by atoms with Gasteiger partial charge in [-0.15, -0.1) is 0 Å². The molecule has 2 nitrogen and oxygen atoms in total. The number of allylic oxidation sites excluding steroid dienone is 2. The predicted octanol–water partition coefficient (Wildman–Crippen LogP) is 0.923. The van der Waals surface area contributed by atoms with Crippen molar-refractivity contribution in [3.63, 3.8) is 0 Å². The molecule has 0 aromatic heterocycles. The Labute approximate surface area is 56.5 Å². The summed E-state index contributed by atoms with van der Waals surface area (Å²) in [6, 6.07) is 0. The minimum Gasteiger partial charge on any atom is -0.299 e. The van der Waals surface area contributed by atoms with E-state index in [-0.39, 0.29) is 5.52 Å². The summed E-state index contributed by atoms with van der Waals surface area (Å²) in [6.07, 6.45) is 2.42. The smallest absolute Gasteiger partial charge is 0.152 e. The molecule has 1 unspecified atom stereocenters. The van der Waals surface area contributed by atoms with Crippen LogP contribution in [0.4, 0.5) is 0 Å². The quantitative estimate of drug-likeness (QED) is 0.335. The van der Waals surface area contributed by atoms with E-state index in [9.17, 15) is 9.59 Å². The summed E-state index contributed by atoms with van der Waals surface area (Å²) in [4.78, 5) is 20.1. The van der Waals surface area contributed by atoms with Gasteiger partial charge in [-0.05, 0) is 13.0 Å². The molecule has 50 valence electrons. The Morgan fingerprint density at radius 1 is 1.67 bits per heavy atom. The summed E-state index contributed by atoms with van der Waals surface area (Å²) in [6.45, 7) is 1.75. The molecule has 0 radical (unpaired) electrons. The molecule has 0 heterocycles. The van der Waals surface area contributed by atoms with Crippen molar-refractivity contribution in [3.8, 4) is 0 Å². The Morgan fingerprint density at radius 3 is 2.56 bits per heavy atom. The van der Waals surface area contributed by atoms with Crippen LogP contribution in [0.15, 0.2) is 11.6 Å². The van der Waals surface area contributed by atoms with E-state index in [4.69, 9.17) is 0 Å². The Kier molecular flexibility index (Phi) is 4.16. The van der Waals surface area contributed by atoms with Crippen LogP contribution in [0.25, 0.3) is 0 Å². The van der Waals surface area contributed by atoms with Crippen molar-refractivity contribution in [3.05, 3.63) is 11.6 Å². The van der Waals surface area contributed by atoms with Gasteiger partial charge in [0.05, 0.1) is 0 Å². The van der Waals surface area contributed by atoms with E-state index in [1.165, 1.54) is 6.08 Å². The Bertz CT molecular complexity index is 149. The zero-order chi connectivity index (χ0) is 7.28. The third kappa shape index (κ3) is 5.38. The maximum atomic E-state index is 10.3. The molecule has 0 aliphatic rings. The molecule has 0 amide bonds. The second kappa shape index (κ2) is 4.39. The van der Waals surface area contributed by atoms with Crippen molar-refractivity contribution >= 4 is 21.1 Å². The van der Waals surface area contributed by atoms with E-state index in [0.29, 0.717) is 12.7 Å². The molecule has 0 aliphatic heterocycles. The molecule has 0 saturated heterocycles. The molecule has 0 rings (SSSR count). The van der Waals surface area contributed by atoms with Crippen molar-refractivity contribution in [1.29, 1.82) is 0 Å². The lowest BCUT2D eigenvalue weighted by Gasteiger charge is -1.90. The number of aldehydes is 1. The van der Waals surface area contributed by atoms with Crippen LogP contribution in [0.3, 0.4) is 0 Å². The third-order valence-corrected chi connectivity index (χ3v) is 1.01. The highest BCUT2D eigenvalue weighted by atomic mass is 31.0. The van der Waals surface area contributed by atoms with Gasteiger partial charge in [0.15, 0.2) is 5.52 Å². The fourth-order valence-electron chi connectivity index (χ4n) is 0.450. The van der Waals surface area contributed by atoms with E-state index in [1.54, 1.807) is 6.92 Å². The van der Waals surface area contributed by atoms with Crippen molar-refractivity contribution in [1.82, 2.24) is 0 Å². The number of carbonyl (C=O) groups excluding carboxylic acids is 2. The van der Waals surface area contributed by atoms with Crippen LogP contribution in [0.1, 0.15) is 13.3 Å². The van der Waals surface area contributed by atoms with Crippen molar-refractivity contribution < 1.29 is 9.59 Å². The van der Waals surface area contributed by atoms with Gasteiger partial charge in [0.25, 0.3) is 0 Å². The Hall–Kier alpha value is -0.490. The predicted molar refractivity (Wildman–Crippen MR) is 39.2 cm³/mol. The molecule has 0 aliphatic carbocycles. The molecular weight excluding hydrogens is 135 g/mol. The Morgan fingerprint density at radius 2 is 2.22 bits per heavy atom. The largest absolute Gasteiger partial charge is 0.299 e. The lowest BCUT2D eigenvalue weighted by atomic mass is 10.2. The SMILES string of the molecule is C/C(=C\C=O)CC(=O)P. The van der Waals surface area contributed by atoms with Gasteiger partial charge in [-0.3, -0.25) is 9.59 Å². The van der Waals surface area contributed by atoms with Gasteiger partial charge in [0.1, 0.15) is 6.29 Å². The lowest BCUT2D eigenvalue weighted by molar-refractivity contribution is -0.110. The van der Waals surface area contributed by atoms with Gasteiger partial charge in [0, 0.05) is 6.42 Å². The second-order valence-electron chi connectivity index (χ2n) is 1.79. The highest BCUT2D eigenvalue weighted by molar-refractivity contribution is 7.40. The highest BCUT2D eigenvalue weighted by Crippen LogP contribution is 2.02. The summed E-state index contributed by atoms with van der Waals surface area (Å²) in [5, 5.41) is 0. The molecule has 9 heavy (non-hydrogen) atoms. The average Bonchev–Trinajstić information content (AvgIpc) is 1.63. The van der Waals surface area contributed by atoms with Gasteiger partial charge in [-0.2, -0.15) is 0 Å². The topological polar surface area (TPSA) is 34.1 Å². The van der Waals surface area contributed by atoms with Crippen LogP contribution in [0.2, 0.25) is 0 Å². The zero-order valence-corrected chi connectivity index (χ0v) is 6.41. The molecule has 1 atom stereocenters. The molecule has 0 spiro atoms. The number of hydrogen-bond acceptors (Lipinski definition) is 2. The van der Waals surface area contributed by atoms with Crippen LogP contribution in [0, 0.1) is 0 Å². The van der Waals surface area contributed by atoms with E-state index in [1.807, 2.05) is 0 Å². The normalized spacial score (nSPS) is 11.1. The molecule has 0 saturated carbocycles. The summed E-state index contributed by atoms with van der Waals surface area (Å²) >= 11 is 0. The summed E-state index contributed by atoms with van der Waals surface area (Å²) in [7, 11) is 2.06. The van der Waals surface area contributed by atoms with Gasteiger partial charge in [-0.1, -0.05) is 14.8 Å². The molecule has 3 heteroatoms. The molecule has 0 aromatic carbocycles. The van der Waals surface area contributed by atoms with Crippen LogP contribution < -0.4 is 0 Å². The minimum atomic E-state index is 0.00519. The monoisotopic (exact) mass is 144 g/mol. The first-order valence-corrected chi connectivity index (χ1v) is 3.13. The molecular formula is C6H9O2P. The lowest BCUT2D eigenvalue weighted by Crippen LogP contribution is -1.85. The fraction of sp³-hybridized carbons (Fsp3) is 0.333. The summed E-state index contributed by atoms with van der Waals surface area (Å²) in [5.74, 6) is 0. The molecule has 0 fully saturated rings. The van der Waals surface area contributed by atoms with Crippen LogP contribution in [0.5, 0.6) is 0 Å². The van der Waals surface area contributed by atoms with E-state index >= 15 is 0 Å². The first kappa shape index (κ1) is 8.51. The van der Waals surface area contributed by atoms with E-state index < -0.39 is 0 Å². The van der Waals surface area contributed by atoms with E-state index in [2.05, 4.69) is 9.24 Å². The second-order valence-corrected chi connectivity index (χ2v) is 2.44. The van der Waals surface area contributed by atoms with Gasteiger partial charge < -0.3 is 0 Å². The van der Waals surface area contributed by atoms with Gasteiger partial charge in [-0.25, -0.2) is 0 Å². The number of hydrogen-bond donors (Lipinski definition) is 0. The standard InChI is InChI=1S/C6H9O2P/c1-5(2-3-7)4-6(8)9/h2-3H,4,9H2,1H3/b5-2+. The van der Waals surface area contributed by atoms with Crippen LogP contribution >= 0.6 is 9.24 Å². The molecule has 0 aromatic rings. The number of rotatable bonds is 3. The van der Waals surface area contributed by atoms with Crippen molar-refractivity contribution in [2.75, 3.05) is 0 Å². The highest BCUT2D eigenvalue weighted by Gasteiger charge is 1.92. The summed E-state index contributed by atoms with van der Waals surface area (Å²) < 4.78 is 0. The third-order valence-electron chi connectivity index (χ3n) is 0.806. The summed E-state index contributed by atoms with van der Waals surface area (Å²) in [5.41, 5.74) is 0.801. The first-order chi connectivity index (χ1) is 4.16. The maximum absolute atomic E-state index is 10.3. The number of carbonyl (C=O) groups is 2. The molecule has 0 N–H and O–H groups in total. The van der Waals surface area contributed by atoms with Crippen LogP contribution in [-0.4, -0.2) is 11.8 Å². The maximum Gasteiger partial charge on any atom is 0.152 e. The zero-order valence-electron chi connectivity index (χ0n) is 5.26. The van der Waals surface area contributed by atoms with Crippen molar-refractivity contribution in [2.45, 2.75) is 13.3 Å². The fourth-order valence-corrected chi connectivity index (χ4v) is 0.772. The van der Waals surface area contributed by atoms with E-state index in [0.717, 1.165) is 5.57 Å². The van der Waals surface area contributed by atoms with Crippen molar-refractivity contribution in [2.24, 2.45) is 0 Å². The van der Waals surface area contributed by atoms with Gasteiger partial charge in [0.2, 0.25) is 0 Å².